The number of carboxylic acid groups (broad SMARTS) is 1. The second kappa shape index (κ2) is 4.48. The molecule has 0 saturated carbocycles. The lowest BCUT2D eigenvalue weighted by Crippen LogP contribution is -2.16. The number of fused-ring (bicyclic) bond motifs is 1. The van der Waals surface area contributed by atoms with E-state index in [1.807, 2.05) is 6.07 Å². The van der Waals surface area contributed by atoms with Gasteiger partial charge in [-0.15, -0.1) is 0 Å². The number of hydrogen-bond acceptors (Lipinski definition) is 3. The van der Waals surface area contributed by atoms with Gasteiger partial charge in [-0.25, -0.2) is 0 Å². The Bertz CT molecular complexity index is 618. The monoisotopic (exact) mass is 248 g/mol. The number of carboxylic acids is 1. The minimum Gasteiger partial charge on any atom is -0.481 e. The molecule has 1 unspecified atom stereocenters. The van der Waals surface area contributed by atoms with Crippen LogP contribution in [0.15, 0.2) is 30.5 Å². The van der Waals surface area contributed by atoms with Gasteiger partial charge >= 0.3 is 5.97 Å². The summed E-state index contributed by atoms with van der Waals surface area (Å²) in [7, 11) is 0. The van der Waals surface area contributed by atoms with E-state index < -0.39 is 16.8 Å². The van der Waals surface area contributed by atoms with Crippen molar-refractivity contribution in [1.29, 1.82) is 0 Å². The number of rotatable bonds is 4. The summed E-state index contributed by atoms with van der Waals surface area (Å²) in [5.74, 6) is -1.43. The number of aromatic nitrogens is 1. The van der Waals surface area contributed by atoms with Crippen LogP contribution in [0.4, 0.5) is 5.69 Å². The number of nitro groups is 1. The summed E-state index contributed by atoms with van der Waals surface area (Å²) >= 11 is 0. The van der Waals surface area contributed by atoms with Crippen molar-refractivity contribution in [2.45, 2.75) is 13.5 Å². The topological polar surface area (TPSA) is 85.4 Å². The fourth-order valence-corrected chi connectivity index (χ4v) is 1.82. The first-order valence-corrected chi connectivity index (χ1v) is 5.45. The van der Waals surface area contributed by atoms with E-state index in [2.05, 4.69) is 0 Å². The van der Waals surface area contributed by atoms with Crippen molar-refractivity contribution >= 4 is 22.6 Å². The molecule has 0 fully saturated rings. The normalized spacial score (nSPS) is 12.5. The molecule has 1 aromatic heterocycles. The van der Waals surface area contributed by atoms with E-state index in [-0.39, 0.29) is 5.69 Å². The van der Waals surface area contributed by atoms with Gasteiger partial charge in [0.2, 0.25) is 0 Å². The van der Waals surface area contributed by atoms with Gasteiger partial charge in [-0.05, 0) is 12.1 Å². The highest BCUT2D eigenvalue weighted by molar-refractivity contribution is 5.82. The first kappa shape index (κ1) is 12.1. The molecule has 0 aliphatic heterocycles. The predicted molar refractivity (Wildman–Crippen MR) is 65.4 cm³/mol. The quantitative estimate of drug-likeness (QED) is 0.664. The van der Waals surface area contributed by atoms with Gasteiger partial charge < -0.3 is 9.67 Å². The van der Waals surface area contributed by atoms with Crippen LogP contribution in [0.5, 0.6) is 0 Å². The molecule has 2 rings (SSSR count). The van der Waals surface area contributed by atoms with Crippen molar-refractivity contribution in [3.05, 3.63) is 40.6 Å². The largest absolute Gasteiger partial charge is 0.481 e. The molecule has 6 nitrogen and oxygen atoms in total. The van der Waals surface area contributed by atoms with Crippen molar-refractivity contribution in [3.8, 4) is 0 Å². The lowest BCUT2D eigenvalue weighted by atomic mass is 10.2. The highest BCUT2D eigenvalue weighted by atomic mass is 16.6. The molecule has 6 heteroatoms. The number of nitrogens with zero attached hydrogens (tertiary/aromatic N) is 2. The standard InChI is InChI=1S/C12H12N2O4/c1-8(12(15)16)7-13-5-4-9-2-3-10(14(17)18)6-11(9)13/h2-6,8H,7H2,1H3,(H,15,16). The number of benzene rings is 1. The number of nitro benzene ring substituents is 1. The van der Waals surface area contributed by atoms with E-state index in [4.69, 9.17) is 5.11 Å². The molecular formula is C12H12N2O4. The second-order valence-electron chi connectivity index (χ2n) is 4.21. The highest BCUT2D eigenvalue weighted by Crippen LogP contribution is 2.22. The van der Waals surface area contributed by atoms with Crippen LogP contribution in [0, 0.1) is 16.0 Å². The van der Waals surface area contributed by atoms with Crippen LogP contribution >= 0.6 is 0 Å². The molecule has 1 aromatic carbocycles. The summed E-state index contributed by atoms with van der Waals surface area (Å²) in [5, 5.41) is 20.4. The molecule has 0 aliphatic rings. The third-order valence-corrected chi connectivity index (χ3v) is 2.86. The predicted octanol–water partition coefficient (Wildman–Crippen LogP) is 2.27. The van der Waals surface area contributed by atoms with Gasteiger partial charge in [0, 0.05) is 30.3 Å². The summed E-state index contributed by atoms with van der Waals surface area (Å²) in [4.78, 5) is 21.1. The summed E-state index contributed by atoms with van der Waals surface area (Å²) in [6, 6.07) is 6.38. The van der Waals surface area contributed by atoms with Crippen LogP contribution in [0.1, 0.15) is 6.92 Å². The van der Waals surface area contributed by atoms with E-state index in [1.54, 1.807) is 23.8 Å². The Labute approximate surface area is 103 Å². The van der Waals surface area contributed by atoms with Gasteiger partial charge in [0.15, 0.2) is 0 Å². The lowest BCUT2D eigenvalue weighted by Gasteiger charge is -2.08. The fourth-order valence-electron chi connectivity index (χ4n) is 1.82. The van der Waals surface area contributed by atoms with Crippen LogP contribution in [0.25, 0.3) is 10.9 Å². The Morgan fingerprint density at radius 2 is 2.22 bits per heavy atom. The van der Waals surface area contributed by atoms with E-state index in [9.17, 15) is 14.9 Å². The Hall–Kier alpha value is -2.37. The van der Waals surface area contributed by atoms with Crippen LogP contribution < -0.4 is 0 Å². The SMILES string of the molecule is CC(Cn1ccc2ccc([N+](=O)[O-])cc21)C(=O)O. The molecule has 94 valence electrons. The Balaban J connectivity index is 2.42. The zero-order chi connectivity index (χ0) is 13.3. The summed E-state index contributed by atoms with van der Waals surface area (Å²) in [5.41, 5.74) is 0.683. The minimum absolute atomic E-state index is 0.00503. The third-order valence-electron chi connectivity index (χ3n) is 2.86. The van der Waals surface area contributed by atoms with Crippen molar-refractivity contribution < 1.29 is 14.8 Å². The summed E-state index contributed by atoms with van der Waals surface area (Å²) in [6.45, 7) is 1.89. The maximum Gasteiger partial charge on any atom is 0.308 e. The van der Waals surface area contributed by atoms with Gasteiger partial charge in [-0.1, -0.05) is 6.92 Å². The van der Waals surface area contributed by atoms with Crippen molar-refractivity contribution in [2.24, 2.45) is 5.92 Å². The molecule has 0 amide bonds. The molecule has 0 aliphatic carbocycles. The fraction of sp³-hybridized carbons (Fsp3) is 0.250. The highest BCUT2D eigenvalue weighted by Gasteiger charge is 2.14. The maximum absolute atomic E-state index is 10.8. The van der Waals surface area contributed by atoms with Gasteiger partial charge in [-0.2, -0.15) is 0 Å². The van der Waals surface area contributed by atoms with Crippen LogP contribution in [-0.4, -0.2) is 20.6 Å². The van der Waals surface area contributed by atoms with Crippen LogP contribution in [-0.2, 0) is 11.3 Å². The maximum atomic E-state index is 10.8. The van der Waals surface area contributed by atoms with Crippen molar-refractivity contribution in [3.63, 3.8) is 0 Å². The average molecular weight is 248 g/mol. The molecule has 1 atom stereocenters. The number of carbonyl (C=O) groups is 1. The van der Waals surface area contributed by atoms with E-state index in [1.165, 1.54) is 12.1 Å². The van der Waals surface area contributed by atoms with Crippen LogP contribution in [0.3, 0.4) is 0 Å². The zero-order valence-corrected chi connectivity index (χ0v) is 9.74. The molecule has 0 radical (unpaired) electrons. The summed E-state index contributed by atoms with van der Waals surface area (Å²) in [6.07, 6.45) is 1.74. The van der Waals surface area contributed by atoms with Crippen molar-refractivity contribution in [1.82, 2.24) is 4.57 Å². The van der Waals surface area contributed by atoms with E-state index in [0.29, 0.717) is 12.1 Å². The Morgan fingerprint density at radius 3 is 2.83 bits per heavy atom. The number of non-ortho nitro benzene ring substituents is 1. The second-order valence-corrected chi connectivity index (χ2v) is 4.21. The molecule has 0 saturated heterocycles. The first-order valence-electron chi connectivity index (χ1n) is 5.45. The molecule has 0 bridgehead atoms. The Morgan fingerprint density at radius 1 is 1.50 bits per heavy atom. The third kappa shape index (κ3) is 2.17. The minimum atomic E-state index is -0.887. The van der Waals surface area contributed by atoms with E-state index in [0.717, 1.165) is 5.39 Å². The molecule has 18 heavy (non-hydrogen) atoms. The van der Waals surface area contributed by atoms with Crippen LogP contribution in [0.2, 0.25) is 0 Å². The van der Waals surface area contributed by atoms with E-state index >= 15 is 0 Å². The molecule has 1 heterocycles. The average Bonchev–Trinajstić information content (AvgIpc) is 2.71. The van der Waals surface area contributed by atoms with Gasteiger partial charge in [0.25, 0.3) is 5.69 Å². The van der Waals surface area contributed by atoms with Gasteiger partial charge in [0.05, 0.1) is 16.4 Å². The van der Waals surface area contributed by atoms with Gasteiger partial charge in [-0.3, -0.25) is 14.9 Å². The number of hydrogen-bond donors (Lipinski definition) is 1. The first-order chi connectivity index (χ1) is 8.49. The summed E-state index contributed by atoms with van der Waals surface area (Å²) < 4.78 is 1.72. The van der Waals surface area contributed by atoms with Crippen molar-refractivity contribution in [2.75, 3.05) is 0 Å². The van der Waals surface area contributed by atoms with Gasteiger partial charge in [0.1, 0.15) is 0 Å². The molecule has 1 N–H and O–H groups in total. The zero-order valence-electron chi connectivity index (χ0n) is 9.74. The molecular weight excluding hydrogens is 236 g/mol. The lowest BCUT2D eigenvalue weighted by molar-refractivity contribution is -0.384. The molecule has 2 aromatic rings. The smallest absolute Gasteiger partial charge is 0.308 e. The number of aliphatic carboxylic acids is 1. The molecule has 0 spiro atoms. The Kier molecular flexibility index (Phi) is 3.01.